The summed E-state index contributed by atoms with van der Waals surface area (Å²) in [7, 11) is 1.44. The van der Waals surface area contributed by atoms with E-state index < -0.39 is 17.5 Å². The van der Waals surface area contributed by atoms with Crippen LogP contribution in [-0.2, 0) is 20.6 Å². The molecule has 0 rings (SSSR count). The fourth-order valence-electron chi connectivity index (χ4n) is 0.250. The van der Waals surface area contributed by atoms with Gasteiger partial charge in [0.25, 0.3) is 0 Å². The van der Waals surface area contributed by atoms with Crippen LogP contribution in [0.5, 0.6) is 0 Å². The van der Waals surface area contributed by atoms with Crippen molar-refractivity contribution in [3.63, 3.8) is 0 Å². The van der Waals surface area contributed by atoms with Crippen LogP contribution in [0.3, 0.4) is 0 Å². The van der Waals surface area contributed by atoms with Crippen molar-refractivity contribution in [2.24, 2.45) is 0 Å². The van der Waals surface area contributed by atoms with Crippen LogP contribution in [0.2, 0.25) is 0 Å². The Morgan fingerprint density at radius 3 is 2.64 bits per heavy atom. The summed E-state index contributed by atoms with van der Waals surface area (Å²) in [5, 5.41) is 0. The molecule has 0 saturated heterocycles. The van der Waals surface area contributed by atoms with Crippen LogP contribution in [0.1, 0.15) is 6.92 Å². The lowest BCUT2D eigenvalue weighted by molar-refractivity contribution is -0.147. The first-order valence-corrected chi connectivity index (χ1v) is 3.77. The van der Waals surface area contributed by atoms with Crippen molar-refractivity contribution in [3.05, 3.63) is 0 Å². The molecule has 0 saturated carbocycles. The molecule has 66 valence electrons. The van der Waals surface area contributed by atoms with E-state index in [2.05, 4.69) is 9.22 Å². The molecule has 0 aliphatic heterocycles. The molecular formula is C4H8NO5S-. The highest BCUT2D eigenvalue weighted by molar-refractivity contribution is 7.73. The number of amides is 1. The topological polar surface area (TPSA) is 78.9 Å². The number of carbonyl (C=O) groups excluding carboxylic acids is 1. The summed E-state index contributed by atoms with van der Waals surface area (Å²) in [5.74, 6) is 0. The second-order valence-corrected chi connectivity index (χ2v) is 2.18. The molecule has 0 aromatic carbocycles. The molecule has 7 heteroatoms. The van der Waals surface area contributed by atoms with Gasteiger partial charge < -0.3 is 9.45 Å². The standard InChI is InChI=1S/C4H9NO5S/c1-3-5(2)4(6)9-10-11(7)8/h3H2,1-2H3,(H,7,8)/p-1. The Morgan fingerprint density at radius 1 is 1.73 bits per heavy atom. The lowest BCUT2D eigenvalue weighted by Gasteiger charge is -2.12. The summed E-state index contributed by atoms with van der Waals surface area (Å²) in [5.41, 5.74) is 0. The Hall–Kier alpha value is -0.660. The summed E-state index contributed by atoms with van der Waals surface area (Å²) in [6, 6.07) is 0. The number of carbonyl (C=O) groups is 1. The molecule has 0 fully saturated rings. The van der Waals surface area contributed by atoms with E-state index >= 15 is 0 Å². The van der Waals surface area contributed by atoms with Crippen LogP contribution in [0.4, 0.5) is 4.79 Å². The molecule has 1 unspecified atom stereocenters. The minimum absolute atomic E-state index is 0.410. The Kier molecular flexibility index (Phi) is 4.75. The first-order chi connectivity index (χ1) is 5.07. The predicted octanol–water partition coefficient (Wildman–Crippen LogP) is -0.200. The molecule has 0 radical (unpaired) electrons. The van der Waals surface area contributed by atoms with E-state index in [9.17, 15) is 13.6 Å². The van der Waals surface area contributed by atoms with Crippen LogP contribution < -0.4 is 0 Å². The van der Waals surface area contributed by atoms with E-state index in [1.54, 1.807) is 6.92 Å². The average Bonchev–Trinajstić information content (AvgIpc) is 1.98. The van der Waals surface area contributed by atoms with Crippen LogP contribution >= 0.6 is 0 Å². The van der Waals surface area contributed by atoms with Gasteiger partial charge in [-0.15, -0.1) is 0 Å². The minimum Gasteiger partial charge on any atom is -0.747 e. The normalized spacial score (nSPS) is 12.3. The van der Waals surface area contributed by atoms with Gasteiger partial charge in [-0.1, -0.05) is 4.33 Å². The molecule has 0 aliphatic rings. The maximum Gasteiger partial charge on any atom is 0.442 e. The highest BCUT2D eigenvalue weighted by Gasteiger charge is 2.07. The van der Waals surface area contributed by atoms with Crippen LogP contribution in [0.15, 0.2) is 0 Å². The molecule has 6 nitrogen and oxygen atoms in total. The molecule has 0 N–H and O–H groups in total. The summed E-state index contributed by atoms with van der Waals surface area (Å²) < 4.78 is 22.9. The second-order valence-electron chi connectivity index (χ2n) is 1.64. The minimum atomic E-state index is -2.82. The maximum absolute atomic E-state index is 10.6. The zero-order chi connectivity index (χ0) is 8.85. The van der Waals surface area contributed by atoms with Crippen molar-refractivity contribution in [1.82, 2.24) is 4.90 Å². The SMILES string of the molecule is CCN(C)C(=O)OOS(=O)[O-]. The van der Waals surface area contributed by atoms with Gasteiger partial charge in [0.05, 0.1) is 0 Å². The predicted molar refractivity (Wildman–Crippen MR) is 34.8 cm³/mol. The highest BCUT2D eigenvalue weighted by Crippen LogP contribution is 1.91. The number of hydrogen-bond donors (Lipinski definition) is 0. The monoisotopic (exact) mass is 182 g/mol. The lowest BCUT2D eigenvalue weighted by Crippen LogP contribution is -2.27. The van der Waals surface area contributed by atoms with Gasteiger partial charge in [0, 0.05) is 13.6 Å². The first-order valence-electron chi connectivity index (χ1n) is 2.77. The van der Waals surface area contributed by atoms with Crippen molar-refractivity contribution < 1.29 is 22.8 Å². The van der Waals surface area contributed by atoms with Crippen LogP contribution in [-0.4, -0.2) is 33.3 Å². The van der Waals surface area contributed by atoms with Crippen molar-refractivity contribution >= 4 is 17.5 Å². The Morgan fingerprint density at radius 2 is 2.27 bits per heavy atom. The second kappa shape index (κ2) is 5.05. The largest absolute Gasteiger partial charge is 0.747 e. The van der Waals surface area contributed by atoms with E-state index in [0.29, 0.717) is 6.54 Å². The van der Waals surface area contributed by atoms with E-state index in [4.69, 9.17) is 0 Å². The molecule has 1 atom stereocenters. The molecule has 11 heavy (non-hydrogen) atoms. The smallest absolute Gasteiger partial charge is 0.442 e. The van der Waals surface area contributed by atoms with Gasteiger partial charge in [-0.2, -0.15) is 0 Å². The van der Waals surface area contributed by atoms with E-state index in [1.807, 2.05) is 0 Å². The zero-order valence-corrected chi connectivity index (χ0v) is 6.92. The molecule has 0 aromatic heterocycles. The Bertz CT molecular complexity index is 161. The Labute approximate surface area is 66.5 Å². The lowest BCUT2D eigenvalue weighted by atomic mass is 10.7. The van der Waals surface area contributed by atoms with E-state index in [1.165, 1.54) is 7.05 Å². The molecule has 0 aromatic rings. The molecule has 0 heterocycles. The van der Waals surface area contributed by atoms with Gasteiger partial charge in [-0.25, -0.2) is 9.00 Å². The highest BCUT2D eigenvalue weighted by atomic mass is 32.2. The molecule has 1 amide bonds. The maximum atomic E-state index is 10.6. The van der Waals surface area contributed by atoms with Crippen LogP contribution in [0, 0.1) is 0 Å². The first kappa shape index (κ1) is 10.3. The van der Waals surface area contributed by atoms with Gasteiger partial charge in [0.2, 0.25) is 0 Å². The van der Waals surface area contributed by atoms with Crippen molar-refractivity contribution in [1.29, 1.82) is 0 Å². The molecule has 0 spiro atoms. The van der Waals surface area contributed by atoms with E-state index in [0.717, 1.165) is 4.90 Å². The van der Waals surface area contributed by atoms with Gasteiger partial charge in [-0.05, 0) is 6.92 Å². The van der Waals surface area contributed by atoms with Gasteiger partial charge in [0.15, 0.2) is 0 Å². The van der Waals surface area contributed by atoms with Gasteiger partial charge in [0.1, 0.15) is 11.4 Å². The third-order valence-corrected chi connectivity index (χ3v) is 1.13. The van der Waals surface area contributed by atoms with Crippen molar-refractivity contribution in [2.45, 2.75) is 6.92 Å². The summed E-state index contributed by atoms with van der Waals surface area (Å²) in [6.45, 7) is 2.11. The van der Waals surface area contributed by atoms with E-state index in [-0.39, 0.29) is 0 Å². The Balaban J connectivity index is 3.60. The third-order valence-electron chi connectivity index (χ3n) is 0.947. The number of rotatable bonds is 3. The molecule has 0 bridgehead atoms. The quantitative estimate of drug-likeness (QED) is 0.343. The van der Waals surface area contributed by atoms with Gasteiger partial charge >= 0.3 is 6.09 Å². The van der Waals surface area contributed by atoms with Crippen LogP contribution in [0.25, 0.3) is 0 Å². The fraction of sp³-hybridized carbons (Fsp3) is 0.750. The zero-order valence-electron chi connectivity index (χ0n) is 6.10. The number of nitrogens with zero attached hydrogens (tertiary/aromatic N) is 1. The summed E-state index contributed by atoms with van der Waals surface area (Å²) in [6.07, 6.45) is -0.850. The molecule has 0 aliphatic carbocycles. The summed E-state index contributed by atoms with van der Waals surface area (Å²) in [4.78, 5) is 15.6. The number of hydrogen-bond acceptors (Lipinski definition) is 5. The summed E-state index contributed by atoms with van der Waals surface area (Å²) >= 11 is -2.82. The fourth-order valence-corrected chi connectivity index (χ4v) is 0.363. The average molecular weight is 182 g/mol. The third kappa shape index (κ3) is 4.71. The van der Waals surface area contributed by atoms with Crippen molar-refractivity contribution in [3.8, 4) is 0 Å². The van der Waals surface area contributed by atoms with Gasteiger partial charge in [-0.3, -0.25) is 4.89 Å². The molecular weight excluding hydrogens is 174 g/mol. The van der Waals surface area contributed by atoms with Crippen molar-refractivity contribution in [2.75, 3.05) is 13.6 Å².